The monoisotopic (exact) mass is 1630 g/mol. The molecule has 8 aromatic heterocycles. The molecule has 0 aliphatic heterocycles. The predicted octanol–water partition coefficient (Wildman–Crippen LogP) is 22.9. The second-order valence-electron chi connectivity index (χ2n) is 26.9. The molecule has 8 aromatic carbocycles. The number of fused-ring (bicyclic) bond motifs is 4. The van der Waals surface area contributed by atoms with E-state index in [2.05, 4.69) is 78.9 Å². The third kappa shape index (κ3) is 21.3. The minimum atomic E-state index is -4.57. The molecule has 16 aromatic rings. The fourth-order valence-corrected chi connectivity index (χ4v) is 12.8. The number of nitrogens with one attached hydrogen (secondary N) is 6. The number of anilines is 10. The molecule has 18 nitrogen and oxygen atoms in total. The van der Waals surface area contributed by atoms with E-state index in [0.29, 0.717) is 107 Å². The standard InChI is InChI=1S/C25H23ClFN5O.C24H21ClFN5O.C21H13F4N3.C20H14ClN3/c1-32(2)12-10-25(33)31-24-15-28-11-9-21(24)30-22-14-23(18-13-16(26)7-8-19(18)27)29-20-6-4-3-5-17(20)22;1-31(2)14-24(32)30-23-13-27-10-9-20(23)29-21-12-22(17-11-15(25)7-8-18(17)26)28-19-6-4-3-5-16(19)21;22-17-6-5-13(21(23,24)25)11-16(17)20-12-19(27-14-7-9-26-10-8-14)15-3-1-2-4-18(15)28-20;21-15-5-3-4-14(12-15)19-13-20(23-16-8-10-22-11-9-16)17-6-1-2-7-18(17)24-19/h3-9,11,13-15H,10,12H2,1-2H3,(H,31,33)(H,28,29,30);3-13H,14H2,1-2H3,(H,30,32)(H,27,28,29);1-12H,(H,26,27,28);1-13H,(H,22,23,24). The molecule has 0 unspecified atom stereocenters. The average molecular weight is 1630 g/mol. The van der Waals surface area contributed by atoms with Crippen molar-refractivity contribution in [1.82, 2.24) is 49.7 Å². The lowest BCUT2D eigenvalue weighted by Crippen LogP contribution is -2.27. The van der Waals surface area contributed by atoms with Crippen molar-refractivity contribution in [2.24, 2.45) is 0 Å². The van der Waals surface area contributed by atoms with Gasteiger partial charge in [-0.1, -0.05) is 120 Å². The zero-order chi connectivity index (χ0) is 82.1. The van der Waals surface area contributed by atoms with Crippen LogP contribution in [0.4, 0.5) is 83.2 Å². The second kappa shape index (κ2) is 37.6. The molecule has 2 amide bonds. The molecule has 16 rings (SSSR count). The molecular formula is C90H71Cl3F6N16O2. The molecule has 117 heavy (non-hydrogen) atoms. The second-order valence-corrected chi connectivity index (χ2v) is 28.3. The summed E-state index contributed by atoms with van der Waals surface area (Å²) in [5.41, 5.74) is 12.4. The highest BCUT2D eigenvalue weighted by molar-refractivity contribution is 6.31. The maximum absolute atomic E-state index is 14.6. The quantitative estimate of drug-likeness (QED) is 0.0415. The fourth-order valence-electron chi connectivity index (χ4n) is 12.3. The van der Waals surface area contributed by atoms with Crippen LogP contribution >= 0.6 is 34.8 Å². The Morgan fingerprint density at radius 1 is 0.359 bits per heavy atom. The third-order valence-corrected chi connectivity index (χ3v) is 18.6. The first-order valence-corrected chi connectivity index (χ1v) is 37.4. The number of likely N-dealkylation sites (N-methyl/N-ethyl adjacent to an activating group) is 1. The summed E-state index contributed by atoms with van der Waals surface area (Å²) in [4.78, 5) is 63.1. The Morgan fingerprint density at radius 3 is 1.15 bits per heavy atom. The Labute approximate surface area is 683 Å². The number of pyridine rings is 8. The molecule has 6 N–H and O–H groups in total. The zero-order valence-electron chi connectivity index (χ0n) is 62.9. The maximum Gasteiger partial charge on any atom is 0.416 e. The summed E-state index contributed by atoms with van der Waals surface area (Å²) in [6.07, 6.45) is 8.98. The molecule has 0 saturated carbocycles. The van der Waals surface area contributed by atoms with Crippen LogP contribution in [0.15, 0.2) is 286 Å². The van der Waals surface area contributed by atoms with E-state index in [1.54, 1.807) is 121 Å². The number of aromatic nitrogens is 8. The van der Waals surface area contributed by atoms with Crippen LogP contribution in [-0.4, -0.2) is 103 Å². The van der Waals surface area contributed by atoms with Crippen molar-refractivity contribution < 1.29 is 35.9 Å². The molecule has 0 saturated heterocycles. The van der Waals surface area contributed by atoms with Crippen LogP contribution in [-0.2, 0) is 15.8 Å². The minimum absolute atomic E-state index is 0.110. The van der Waals surface area contributed by atoms with Crippen LogP contribution in [0.2, 0.25) is 15.1 Å². The summed E-state index contributed by atoms with van der Waals surface area (Å²) in [6, 6.07) is 67.2. The normalized spacial score (nSPS) is 11.1. The first-order chi connectivity index (χ1) is 56.5. The Kier molecular flexibility index (Phi) is 26.2. The summed E-state index contributed by atoms with van der Waals surface area (Å²) >= 11 is 18.3. The maximum atomic E-state index is 14.6. The molecule has 0 radical (unpaired) electrons. The Hall–Kier alpha value is -13.5. The van der Waals surface area contributed by atoms with E-state index in [1.807, 2.05) is 148 Å². The van der Waals surface area contributed by atoms with E-state index in [4.69, 9.17) is 39.8 Å². The number of alkyl halides is 3. The van der Waals surface area contributed by atoms with Crippen LogP contribution in [0, 0.1) is 17.5 Å². The van der Waals surface area contributed by atoms with Crippen molar-refractivity contribution in [2.75, 3.05) is 73.2 Å². The molecule has 0 spiro atoms. The number of hydrogen-bond acceptors (Lipinski definition) is 16. The number of hydrogen-bond donors (Lipinski definition) is 6. The van der Waals surface area contributed by atoms with Crippen LogP contribution < -0.4 is 31.9 Å². The van der Waals surface area contributed by atoms with Gasteiger partial charge in [-0.05, 0) is 180 Å². The lowest BCUT2D eigenvalue weighted by Gasteiger charge is -2.16. The highest BCUT2D eigenvalue weighted by Gasteiger charge is 2.32. The molecule has 0 aliphatic carbocycles. The largest absolute Gasteiger partial charge is 0.416 e. The third-order valence-electron chi connectivity index (χ3n) is 17.9. The first kappa shape index (κ1) is 81.5. The number of amides is 2. The van der Waals surface area contributed by atoms with Gasteiger partial charge in [-0.15, -0.1) is 0 Å². The molecule has 27 heteroatoms. The SMILES string of the molecule is CN(C)CC(=O)Nc1cnccc1Nc1cc(-c2cc(Cl)ccc2F)nc2ccccc12.CN(C)CCC(=O)Nc1cnccc1Nc1cc(-c2cc(Cl)ccc2F)nc2ccccc12.Clc1cccc(-c2cc(Nc3ccncc3)c3ccccc3n2)c1.Fc1ccc(C(F)(F)F)cc1-c1cc(Nc2ccncc2)c2ccccc2n1. The molecule has 0 aliphatic rings. The molecule has 0 atom stereocenters. The number of carbonyl (C=O) groups excluding carboxylic acids is 2. The van der Waals surface area contributed by atoms with Gasteiger partial charge in [0.1, 0.15) is 17.5 Å². The number of nitrogens with zero attached hydrogens (tertiary/aromatic N) is 10. The van der Waals surface area contributed by atoms with Crippen LogP contribution in [0.5, 0.6) is 0 Å². The van der Waals surface area contributed by atoms with Gasteiger partial charge in [0.05, 0.1) is 115 Å². The van der Waals surface area contributed by atoms with Gasteiger partial charge in [0.2, 0.25) is 11.8 Å². The van der Waals surface area contributed by atoms with Crippen LogP contribution in [0.25, 0.3) is 88.6 Å². The minimum Gasteiger partial charge on any atom is -0.355 e. The summed E-state index contributed by atoms with van der Waals surface area (Å²) in [5.74, 6) is -1.87. The van der Waals surface area contributed by atoms with E-state index in [1.165, 1.54) is 24.3 Å². The van der Waals surface area contributed by atoms with E-state index in [-0.39, 0.29) is 29.6 Å². The summed E-state index contributed by atoms with van der Waals surface area (Å²) in [5, 5.41) is 24.2. The number of benzene rings is 8. The van der Waals surface area contributed by atoms with E-state index >= 15 is 0 Å². The zero-order valence-corrected chi connectivity index (χ0v) is 65.2. The van der Waals surface area contributed by atoms with Crippen molar-refractivity contribution >= 4 is 147 Å². The lowest BCUT2D eigenvalue weighted by molar-refractivity contribution is -0.137. The van der Waals surface area contributed by atoms with E-state index < -0.39 is 29.2 Å². The Bertz CT molecular complexity index is 6260. The van der Waals surface area contributed by atoms with Crippen LogP contribution in [0.1, 0.15) is 12.0 Å². The van der Waals surface area contributed by atoms with E-state index in [9.17, 15) is 35.9 Å². The topological polar surface area (TPSA) is 216 Å². The van der Waals surface area contributed by atoms with Crippen molar-refractivity contribution in [2.45, 2.75) is 12.6 Å². The Morgan fingerprint density at radius 2 is 0.735 bits per heavy atom. The van der Waals surface area contributed by atoms with Crippen molar-refractivity contribution in [3.05, 3.63) is 324 Å². The fraction of sp³-hybridized carbons (Fsp3) is 0.0889. The molecule has 0 fully saturated rings. The van der Waals surface area contributed by atoms with Crippen LogP contribution in [0.3, 0.4) is 0 Å². The number of para-hydroxylation sites is 4. The summed E-state index contributed by atoms with van der Waals surface area (Å²) in [7, 11) is 7.47. The van der Waals surface area contributed by atoms with Gasteiger partial charge in [-0.25, -0.2) is 33.1 Å². The molecule has 586 valence electrons. The molecule has 8 heterocycles. The highest BCUT2D eigenvalue weighted by atomic mass is 35.5. The van der Waals surface area contributed by atoms with Gasteiger partial charge >= 0.3 is 6.18 Å². The van der Waals surface area contributed by atoms with Crippen molar-refractivity contribution in [1.29, 1.82) is 0 Å². The van der Waals surface area contributed by atoms with E-state index in [0.717, 1.165) is 73.6 Å². The van der Waals surface area contributed by atoms with Crippen molar-refractivity contribution in [3.63, 3.8) is 0 Å². The summed E-state index contributed by atoms with van der Waals surface area (Å²) in [6.45, 7) is 0.878. The van der Waals surface area contributed by atoms with Gasteiger partial charge in [0.15, 0.2) is 0 Å². The van der Waals surface area contributed by atoms with Gasteiger partial charge in [-0.2, -0.15) is 13.2 Å². The molecular weight excluding hydrogens is 1560 g/mol. The first-order valence-electron chi connectivity index (χ1n) is 36.3. The van der Waals surface area contributed by atoms with Gasteiger partial charge in [0, 0.05) is 120 Å². The number of halogens is 9. The van der Waals surface area contributed by atoms with Gasteiger partial charge in [-0.3, -0.25) is 29.5 Å². The molecule has 0 bridgehead atoms. The highest BCUT2D eigenvalue weighted by Crippen LogP contribution is 2.40. The van der Waals surface area contributed by atoms with Crippen molar-refractivity contribution in [3.8, 4) is 45.0 Å². The van der Waals surface area contributed by atoms with Gasteiger partial charge in [0.25, 0.3) is 0 Å². The predicted molar refractivity (Wildman–Crippen MR) is 458 cm³/mol. The average Bonchev–Trinajstić information content (AvgIpc) is 0.797. The smallest absolute Gasteiger partial charge is 0.355 e. The number of rotatable bonds is 19. The van der Waals surface area contributed by atoms with Gasteiger partial charge < -0.3 is 41.7 Å². The summed E-state index contributed by atoms with van der Waals surface area (Å²) < 4.78 is 82.7. The Balaban J connectivity index is 0.000000136. The number of carbonyl (C=O) groups is 2. The lowest BCUT2D eigenvalue weighted by atomic mass is 10.0.